The Bertz CT molecular complexity index is 1010. The van der Waals surface area contributed by atoms with Crippen LogP contribution in [0.5, 0.6) is 0 Å². The zero-order valence-electron chi connectivity index (χ0n) is 16.6. The van der Waals surface area contributed by atoms with Gasteiger partial charge in [0.2, 0.25) is 5.95 Å². The van der Waals surface area contributed by atoms with Crippen molar-refractivity contribution in [3.63, 3.8) is 0 Å². The summed E-state index contributed by atoms with van der Waals surface area (Å²) >= 11 is 6.58. The van der Waals surface area contributed by atoms with Crippen LogP contribution in [0.1, 0.15) is 24.7 Å². The van der Waals surface area contributed by atoms with Gasteiger partial charge in [0.15, 0.2) is 0 Å². The Morgan fingerprint density at radius 1 is 1.21 bits per heavy atom. The predicted octanol–water partition coefficient (Wildman–Crippen LogP) is 3.08. The van der Waals surface area contributed by atoms with E-state index in [2.05, 4.69) is 32.8 Å². The van der Waals surface area contributed by atoms with Crippen LogP contribution < -0.4 is 5.32 Å². The van der Waals surface area contributed by atoms with Gasteiger partial charge in [0.25, 0.3) is 0 Å². The molecule has 3 N–H and O–H groups in total. The molecule has 1 saturated heterocycles. The average Bonchev–Trinajstić information content (AvgIpc) is 3.13. The molecule has 2 aromatic heterocycles. The minimum Gasteiger partial charge on any atom is -0.389 e. The Labute approximate surface area is 175 Å². The maximum absolute atomic E-state index is 9.71. The molecular weight excluding hydrogens is 390 g/mol. The van der Waals surface area contributed by atoms with Gasteiger partial charge >= 0.3 is 0 Å². The van der Waals surface area contributed by atoms with Gasteiger partial charge in [-0.2, -0.15) is 0 Å². The summed E-state index contributed by atoms with van der Waals surface area (Å²) in [6, 6.07) is 7.95. The molecule has 0 radical (unpaired) electrons. The Morgan fingerprint density at radius 2 is 1.97 bits per heavy atom. The number of aliphatic hydroxyl groups excluding tert-OH is 2. The molecule has 1 aliphatic heterocycles. The zero-order chi connectivity index (χ0) is 20.5. The Balaban J connectivity index is 1.53. The van der Waals surface area contributed by atoms with E-state index in [-0.39, 0.29) is 0 Å². The topological polar surface area (TPSA) is 86.4 Å². The average molecular weight is 416 g/mol. The van der Waals surface area contributed by atoms with Gasteiger partial charge in [0.1, 0.15) is 0 Å². The zero-order valence-corrected chi connectivity index (χ0v) is 17.4. The van der Waals surface area contributed by atoms with Crippen molar-refractivity contribution in [2.75, 3.05) is 18.4 Å². The summed E-state index contributed by atoms with van der Waals surface area (Å²) in [5.41, 5.74) is 3.90. The number of nitrogens with zero attached hydrogens (tertiary/aromatic N) is 4. The molecule has 7 nitrogen and oxygen atoms in total. The molecule has 2 unspecified atom stereocenters. The summed E-state index contributed by atoms with van der Waals surface area (Å²) in [5.74, 6) is 0.503. The standard InChI is InChI=1S/C21H26ClN5O2/c1-3-8-27-13(2)20(22)16-9-14(4-5-17(16)27)24-21-23-7-6-15(25-21)10-26-11-18(28)19(29)12-26/h4-7,9,18-19,28-29H,3,8,10-12H2,1-2H3,(H,23,24,25). The number of fused-ring (bicyclic) bond motifs is 1. The quantitative estimate of drug-likeness (QED) is 0.573. The number of aliphatic hydroxyl groups is 2. The second-order valence-corrected chi connectivity index (χ2v) is 7.99. The molecule has 8 heteroatoms. The van der Waals surface area contributed by atoms with Crippen molar-refractivity contribution in [3.05, 3.63) is 46.9 Å². The fourth-order valence-electron chi connectivity index (χ4n) is 3.91. The highest BCUT2D eigenvalue weighted by atomic mass is 35.5. The third-order valence-corrected chi connectivity index (χ3v) is 5.86. The van der Waals surface area contributed by atoms with Gasteiger partial charge in [-0.05, 0) is 37.6 Å². The highest BCUT2D eigenvalue weighted by molar-refractivity contribution is 6.36. The van der Waals surface area contributed by atoms with E-state index in [4.69, 9.17) is 11.6 Å². The molecule has 154 valence electrons. The molecule has 4 rings (SSSR count). The number of benzene rings is 1. The minimum atomic E-state index is -0.700. The van der Waals surface area contributed by atoms with Crippen molar-refractivity contribution in [1.29, 1.82) is 0 Å². The third-order valence-electron chi connectivity index (χ3n) is 5.38. The van der Waals surface area contributed by atoms with Gasteiger partial charge in [-0.15, -0.1) is 0 Å². The van der Waals surface area contributed by atoms with E-state index in [1.54, 1.807) is 6.20 Å². The molecule has 2 atom stereocenters. The number of likely N-dealkylation sites (tertiary alicyclic amines) is 1. The lowest BCUT2D eigenvalue weighted by Crippen LogP contribution is -2.22. The first-order valence-corrected chi connectivity index (χ1v) is 10.3. The number of hydrogen-bond acceptors (Lipinski definition) is 6. The lowest BCUT2D eigenvalue weighted by molar-refractivity contribution is 0.0572. The molecule has 0 spiro atoms. The highest BCUT2D eigenvalue weighted by Gasteiger charge is 2.29. The van der Waals surface area contributed by atoms with Crippen LogP contribution in [-0.4, -0.2) is 54.9 Å². The van der Waals surface area contributed by atoms with E-state index in [1.165, 1.54) is 0 Å². The van der Waals surface area contributed by atoms with Crippen LogP contribution in [-0.2, 0) is 13.1 Å². The number of hydrogen-bond donors (Lipinski definition) is 3. The first-order valence-electron chi connectivity index (χ1n) is 9.92. The lowest BCUT2D eigenvalue weighted by atomic mass is 10.2. The Kier molecular flexibility index (Phi) is 5.74. The number of rotatable bonds is 6. The third kappa shape index (κ3) is 4.09. The van der Waals surface area contributed by atoms with E-state index in [0.717, 1.165) is 46.0 Å². The van der Waals surface area contributed by atoms with Gasteiger partial charge in [0, 0.05) is 54.7 Å². The summed E-state index contributed by atoms with van der Waals surface area (Å²) in [6.07, 6.45) is 1.36. The summed E-state index contributed by atoms with van der Waals surface area (Å²) in [7, 11) is 0. The molecule has 0 saturated carbocycles. The Hall–Kier alpha value is -2.19. The van der Waals surface area contributed by atoms with Gasteiger partial charge in [-0.25, -0.2) is 9.97 Å². The summed E-state index contributed by atoms with van der Waals surface area (Å²) < 4.78 is 2.25. The van der Waals surface area contributed by atoms with Gasteiger partial charge < -0.3 is 20.1 Å². The minimum absolute atomic E-state index is 0.442. The number of nitrogens with one attached hydrogen (secondary N) is 1. The van der Waals surface area contributed by atoms with Crippen LogP contribution in [0.15, 0.2) is 30.5 Å². The molecule has 0 bridgehead atoms. The van der Waals surface area contributed by atoms with Crippen molar-refractivity contribution in [2.24, 2.45) is 0 Å². The van der Waals surface area contributed by atoms with Gasteiger partial charge in [-0.3, -0.25) is 4.90 Å². The molecule has 1 aromatic carbocycles. The van der Waals surface area contributed by atoms with Crippen LogP contribution in [0.4, 0.5) is 11.6 Å². The van der Waals surface area contributed by atoms with Crippen molar-refractivity contribution in [1.82, 2.24) is 19.4 Å². The van der Waals surface area contributed by atoms with Crippen LogP contribution >= 0.6 is 11.6 Å². The van der Waals surface area contributed by atoms with Crippen LogP contribution in [0.3, 0.4) is 0 Å². The Morgan fingerprint density at radius 3 is 2.69 bits per heavy atom. The van der Waals surface area contributed by atoms with E-state index in [0.29, 0.717) is 25.6 Å². The summed E-state index contributed by atoms with van der Waals surface area (Å²) in [4.78, 5) is 10.9. The van der Waals surface area contributed by atoms with Crippen molar-refractivity contribution >= 4 is 34.1 Å². The maximum Gasteiger partial charge on any atom is 0.227 e. The van der Waals surface area contributed by atoms with E-state index in [1.807, 2.05) is 30.0 Å². The number of aromatic nitrogens is 3. The fourth-order valence-corrected chi connectivity index (χ4v) is 4.16. The van der Waals surface area contributed by atoms with Gasteiger partial charge in [0.05, 0.1) is 22.9 Å². The van der Waals surface area contributed by atoms with Crippen LogP contribution in [0.25, 0.3) is 10.9 Å². The number of aryl methyl sites for hydroxylation is 1. The van der Waals surface area contributed by atoms with Crippen molar-refractivity contribution in [2.45, 2.75) is 45.6 Å². The van der Waals surface area contributed by atoms with Crippen LogP contribution in [0, 0.1) is 6.92 Å². The number of β-amino-alcohol motifs (C(OH)–C–C–N with tert-alkyl or cyclic N) is 2. The first kappa shape index (κ1) is 20.1. The second-order valence-electron chi connectivity index (χ2n) is 7.61. The molecule has 29 heavy (non-hydrogen) atoms. The smallest absolute Gasteiger partial charge is 0.227 e. The molecule has 3 heterocycles. The largest absolute Gasteiger partial charge is 0.389 e. The van der Waals surface area contributed by atoms with E-state index >= 15 is 0 Å². The first-order chi connectivity index (χ1) is 14.0. The maximum atomic E-state index is 9.71. The predicted molar refractivity (Wildman–Crippen MR) is 115 cm³/mol. The SMILES string of the molecule is CCCn1c(C)c(Cl)c2cc(Nc3nccc(CN4CC(O)C(O)C4)n3)ccc21. The highest BCUT2D eigenvalue weighted by Crippen LogP contribution is 2.33. The fraction of sp³-hybridized carbons (Fsp3) is 0.429. The second kappa shape index (κ2) is 8.28. The molecule has 1 aliphatic rings. The molecular formula is C21H26ClN5O2. The van der Waals surface area contributed by atoms with Crippen molar-refractivity contribution in [3.8, 4) is 0 Å². The summed E-state index contributed by atoms with van der Waals surface area (Å²) in [5, 5.41) is 24.5. The molecule has 1 fully saturated rings. The molecule has 3 aromatic rings. The normalized spacial score (nSPS) is 19.9. The van der Waals surface area contributed by atoms with E-state index in [9.17, 15) is 10.2 Å². The monoisotopic (exact) mass is 415 g/mol. The van der Waals surface area contributed by atoms with E-state index < -0.39 is 12.2 Å². The molecule has 0 aliphatic carbocycles. The lowest BCUT2D eigenvalue weighted by Gasteiger charge is -2.14. The van der Waals surface area contributed by atoms with Gasteiger partial charge in [-0.1, -0.05) is 18.5 Å². The number of halogens is 1. The van der Waals surface area contributed by atoms with Crippen LogP contribution in [0.2, 0.25) is 5.02 Å². The summed E-state index contributed by atoms with van der Waals surface area (Å²) in [6.45, 7) is 6.57. The molecule has 0 amide bonds. The van der Waals surface area contributed by atoms with Crippen molar-refractivity contribution < 1.29 is 10.2 Å². The number of anilines is 2.